The third-order valence-corrected chi connectivity index (χ3v) is 3.63. The van der Waals surface area contributed by atoms with Crippen molar-refractivity contribution in [3.05, 3.63) is 57.1 Å². The molecule has 0 spiro atoms. The van der Waals surface area contributed by atoms with Gasteiger partial charge >= 0.3 is 0 Å². The van der Waals surface area contributed by atoms with Crippen LogP contribution in [-0.2, 0) is 4.79 Å². The first kappa shape index (κ1) is 17.7. The van der Waals surface area contributed by atoms with Crippen LogP contribution in [0.5, 0.6) is 11.5 Å². The van der Waals surface area contributed by atoms with Crippen molar-refractivity contribution in [1.29, 1.82) is 0 Å². The average Bonchev–Trinajstić information content (AvgIpc) is 2.54. The Kier molecular flexibility index (Phi) is 5.75. The molecule has 2 rings (SSSR count). The fraction of sp³-hybridized carbons (Fsp3) is 0.188. The van der Waals surface area contributed by atoms with Crippen molar-refractivity contribution in [2.24, 2.45) is 0 Å². The second-order valence-corrected chi connectivity index (χ2v) is 5.76. The van der Waals surface area contributed by atoms with E-state index in [4.69, 9.17) is 9.47 Å². The molecule has 7 nitrogen and oxygen atoms in total. The number of halogens is 1. The Morgan fingerprint density at radius 2 is 2.00 bits per heavy atom. The Hall–Kier alpha value is -2.61. The van der Waals surface area contributed by atoms with Crippen molar-refractivity contribution in [2.45, 2.75) is 13.0 Å². The summed E-state index contributed by atoms with van der Waals surface area (Å²) in [7, 11) is 1.41. The third kappa shape index (κ3) is 4.45. The molecule has 0 aromatic heterocycles. The summed E-state index contributed by atoms with van der Waals surface area (Å²) in [6.45, 7) is 1.56. The summed E-state index contributed by atoms with van der Waals surface area (Å²) in [5.74, 6) is 0.345. The maximum Gasteiger partial charge on any atom is 0.296 e. The lowest BCUT2D eigenvalue weighted by Gasteiger charge is -2.15. The molecular formula is C16H15BrN2O5. The summed E-state index contributed by atoms with van der Waals surface area (Å²) < 4.78 is 11.3. The number of carbonyl (C=O) groups excluding carboxylic acids is 1. The lowest BCUT2D eigenvalue weighted by molar-refractivity contribution is -0.384. The second kappa shape index (κ2) is 7.78. The number of methoxy groups -OCH3 is 1. The van der Waals surface area contributed by atoms with Crippen LogP contribution in [0, 0.1) is 10.1 Å². The summed E-state index contributed by atoms with van der Waals surface area (Å²) in [5.41, 5.74) is -0.173. The molecule has 0 saturated carbocycles. The number of hydrogen-bond acceptors (Lipinski definition) is 5. The van der Waals surface area contributed by atoms with E-state index >= 15 is 0 Å². The summed E-state index contributed by atoms with van der Waals surface area (Å²) >= 11 is 3.31. The molecule has 24 heavy (non-hydrogen) atoms. The molecule has 1 atom stereocenters. The van der Waals surface area contributed by atoms with Crippen molar-refractivity contribution in [2.75, 3.05) is 12.4 Å². The molecule has 0 aliphatic rings. The molecule has 126 valence electrons. The van der Waals surface area contributed by atoms with Gasteiger partial charge in [0.2, 0.25) is 0 Å². The Labute approximate surface area is 146 Å². The zero-order valence-corrected chi connectivity index (χ0v) is 14.6. The Morgan fingerprint density at radius 1 is 1.25 bits per heavy atom. The first-order chi connectivity index (χ1) is 11.4. The van der Waals surface area contributed by atoms with Gasteiger partial charge in [-0.1, -0.05) is 22.0 Å². The first-order valence-corrected chi connectivity index (χ1v) is 7.75. The molecule has 1 N–H and O–H groups in total. The molecule has 0 bridgehead atoms. The van der Waals surface area contributed by atoms with Crippen molar-refractivity contribution in [3.63, 3.8) is 0 Å². The van der Waals surface area contributed by atoms with Gasteiger partial charge in [0.25, 0.3) is 11.6 Å². The van der Waals surface area contributed by atoms with E-state index in [-0.39, 0.29) is 11.4 Å². The standard InChI is InChI=1S/C16H15BrN2O5/c1-10(24-13-5-3-4-11(17)8-13)16(20)18-14-7-6-12(23-2)9-15(14)19(21)22/h3-10H,1-2H3,(H,18,20). The number of benzene rings is 2. The molecule has 0 radical (unpaired) electrons. The number of nitro benzene ring substituents is 1. The van der Waals surface area contributed by atoms with E-state index in [1.54, 1.807) is 25.1 Å². The summed E-state index contributed by atoms with van der Waals surface area (Å²) in [4.78, 5) is 22.8. The highest BCUT2D eigenvalue weighted by Gasteiger charge is 2.21. The molecule has 1 unspecified atom stereocenters. The highest BCUT2D eigenvalue weighted by Crippen LogP contribution is 2.29. The van der Waals surface area contributed by atoms with Crippen LogP contribution in [0.4, 0.5) is 11.4 Å². The van der Waals surface area contributed by atoms with E-state index in [0.29, 0.717) is 11.5 Å². The van der Waals surface area contributed by atoms with E-state index in [9.17, 15) is 14.9 Å². The van der Waals surface area contributed by atoms with Gasteiger partial charge in [-0.2, -0.15) is 0 Å². The van der Waals surface area contributed by atoms with Crippen LogP contribution in [0.1, 0.15) is 6.92 Å². The maximum atomic E-state index is 12.2. The number of rotatable bonds is 6. The zero-order valence-electron chi connectivity index (χ0n) is 13.0. The van der Waals surface area contributed by atoms with Crippen molar-refractivity contribution in [3.8, 4) is 11.5 Å². The zero-order chi connectivity index (χ0) is 17.7. The SMILES string of the molecule is COc1ccc(NC(=O)C(C)Oc2cccc(Br)c2)c([N+](=O)[O-])c1. The van der Waals surface area contributed by atoms with Crippen molar-refractivity contribution >= 4 is 33.2 Å². The first-order valence-electron chi connectivity index (χ1n) is 6.96. The second-order valence-electron chi connectivity index (χ2n) is 4.85. The lowest BCUT2D eigenvalue weighted by Crippen LogP contribution is -2.30. The molecule has 0 heterocycles. The van der Waals surface area contributed by atoms with Gasteiger partial charge in [-0.3, -0.25) is 14.9 Å². The van der Waals surface area contributed by atoms with E-state index < -0.39 is 16.9 Å². The third-order valence-electron chi connectivity index (χ3n) is 3.14. The number of anilines is 1. The molecule has 0 fully saturated rings. The fourth-order valence-electron chi connectivity index (χ4n) is 1.93. The summed E-state index contributed by atoms with van der Waals surface area (Å²) in [5, 5.41) is 13.6. The molecule has 0 aliphatic carbocycles. The highest BCUT2D eigenvalue weighted by molar-refractivity contribution is 9.10. The van der Waals surface area contributed by atoms with E-state index in [2.05, 4.69) is 21.2 Å². The molecule has 0 aliphatic heterocycles. The van der Waals surface area contributed by atoms with E-state index in [1.807, 2.05) is 6.07 Å². The van der Waals surface area contributed by atoms with Gasteiger partial charge in [0.05, 0.1) is 18.1 Å². The summed E-state index contributed by atoms with van der Waals surface area (Å²) in [6, 6.07) is 11.2. The number of nitrogens with one attached hydrogen (secondary N) is 1. The van der Waals surface area contributed by atoms with Crippen LogP contribution < -0.4 is 14.8 Å². The predicted molar refractivity (Wildman–Crippen MR) is 92.5 cm³/mol. The number of hydrogen-bond donors (Lipinski definition) is 1. The van der Waals surface area contributed by atoms with Gasteiger partial charge in [0, 0.05) is 4.47 Å². The number of carbonyl (C=O) groups is 1. The van der Waals surface area contributed by atoms with Crippen molar-refractivity contribution in [1.82, 2.24) is 0 Å². The van der Waals surface area contributed by atoms with Crippen LogP contribution in [0.3, 0.4) is 0 Å². The van der Waals surface area contributed by atoms with Gasteiger partial charge in [0.1, 0.15) is 17.2 Å². The molecule has 2 aromatic carbocycles. The number of ether oxygens (including phenoxy) is 2. The van der Waals surface area contributed by atoms with Crippen LogP contribution in [-0.4, -0.2) is 24.0 Å². The minimum absolute atomic E-state index is 0.0792. The van der Waals surface area contributed by atoms with Gasteiger partial charge in [-0.25, -0.2) is 0 Å². The van der Waals surface area contributed by atoms with Crippen molar-refractivity contribution < 1.29 is 19.2 Å². The number of nitrogens with zero attached hydrogens (tertiary/aromatic N) is 1. The van der Waals surface area contributed by atoms with E-state index in [0.717, 1.165) is 4.47 Å². The normalized spacial score (nSPS) is 11.5. The quantitative estimate of drug-likeness (QED) is 0.594. The lowest BCUT2D eigenvalue weighted by atomic mass is 10.2. The Bertz CT molecular complexity index is 766. The molecule has 8 heteroatoms. The van der Waals surface area contributed by atoms with Crippen LogP contribution in [0.15, 0.2) is 46.9 Å². The minimum atomic E-state index is -0.832. The van der Waals surface area contributed by atoms with Gasteiger partial charge in [-0.05, 0) is 37.3 Å². The maximum absolute atomic E-state index is 12.2. The van der Waals surface area contributed by atoms with Gasteiger partial charge in [-0.15, -0.1) is 0 Å². The van der Waals surface area contributed by atoms with Crippen LogP contribution in [0.2, 0.25) is 0 Å². The highest BCUT2D eigenvalue weighted by atomic mass is 79.9. The molecule has 2 aromatic rings. The predicted octanol–water partition coefficient (Wildman–Crippen LogP) is 3.77. The number of amides is 1. The number of nitro groups is 1. The average molecular weight is 395 g/mol. The van der Waals surface area contributed by atoms with Gasteiger partial charge in [0.15, 0.2) is 6.10 Å². The largest absolute Gasteiger partial charge is 0.496 e. The molecule has 1 amide bonds. The summed E-state index contributed by atoms with van der Waals surface area (Å²) in [6.07, 6.45) is -0.832. The smallest absolute Gasteiger partial charge is 0.296 e. The fourth-order valence-corrected chi connectivity index (χ4v) is 2.31. The van der Waals surface area contributed by atoms with E-state index in [1.165, 1.54) is 25.3 Å². The topological polar surface area (TPSA) is 90.7 Å². The van der Waals surface area contributed by atoms with Crippen LogP contribution >= 0.6 is 15.9 Å². The Balaban J connectivity index is 2.12. The van der Waals surface area contributed by atoms with Crippen LogP contribution in [0.25, 0.3) is 0 Å². The monoisotopic (exact) mass is 394 g/mol. The molecule has 0 saturated heterocycles. The molecular weight excluding hydrogens is 380 g/mol. The Morgan fingerprint density at radius 3 is 2.62 bits per heavy atom. The van der Waals surface area contributed by atoms with Gasteiger partial charge < -0.3 is 14.8 Å². The minimum Gasteiger partial charge on any atom is -0.496 e.